The molecule has 1 aliphatic rings. The van der Waals surface area contributed by atoms with Gasteiger partial charge in [0.05, 0.1) is 31.3 Å². The summed E-state index contributed by atoms with van der Waals surface area (Å²) in [5.74, 6) is -2.83. The van der Waals surface area contributed by atoms with Gasteiger partial charge < -0.3 is 45.6 Å². The minimum absolute atomic E-state index is 0.00354. The number of unbranched alkanes of at least 4 members (excludes halogenated alkanes) is 3. The van der Waals surface area contributed by atoms with Crippen molar-refractivity contribution in [1.29, 1.82) is 0 Å². The number of nitrogens with one attached hydrogen (secondary N) is 2. The van der Waals surface area contributed by atoms with Crippen LogP contribution < -0.4 is 10.6 Å². The molecule has 1 aromatic rings. The minimum Gasteiger partial charge on any atom is -0.477 e. The first-order chi connectivity index (χ1) is 18.6. The molecule has 6 atom stereocenters. The second kappa shape index (κ2) is 15.5. The van der Waals surface area contributed by atoms with Crippen molar-refractivity contribution in [3.8, 4) is 12.3 Å². The Labute approximate surface area is 227 Å². The molecule has 1 aromatic carbocycles. The summed E-state index contributed by atoms with van der Waals surface area (Å²) in [6.45, 7) is 0.621. The highest BCUT2D eigenvalue weighted by molar-refractivity contribution is 5.79. The average Bonchev–Trinajstić information content (AvgIpc) is 2.92. The molecule has 7 N–H and O–H groups in total. The summed E-state index contributed by atoms with van der Waals surface area (Å²) in [6.07, 6.45) is 1.08. The van der Waals surface area contributed by atoms with Crippen LogP contribution in [0.15, 0.2) is 24.3 Å². The van der Waals surface area contributed by atoms with Gasteiger partial charge in [-0.1, -0.05) is 44.2 Å². The van der Waals surface area contributed by atoms with Gasteiger partial charge in [-0.25, -0.2) is 4.79 Å². The lowest BCUT2D eigenvalue weighted by molar-refractivity contribution is -0.310. The molecule has 39 heavy (non-hydrogen) atoms. The van der Waals surface area contributed by atoms with E-state index in [9.17, 15) is 34.8 Å². The van der Waals surface area contributed by atoms with Gasteiger partial charge in [0.25, 0.3) is 5.79 Å². The fourth-order valence-corrected chi connectivity index (χ4v) is 4.24. The van der Waals surface area contributed by atoms with E-state index in [1.54, 1.807) is 24.3 Å². The SMILES string of the molecule is C#Cc1ccc(CC(=O)NC[C@@H](O)[C@@H](O)C2OC(OCCCCCC)(C(=O)O)CC(O)C2NC(=O)CO)cc1. The number of benzene rings is 1. The number of carboxylic acids is 1. The van der Waals surface area contributed by atoms with Gasteiger partial charge in [-0.3, -0.25) is 9.59 Å². The van der Waals surface area contributed by atoms with Gasteiger partial charge in [-0.15, -0.1) is 6.42 Å². The van der Waals surface area contributed by atoms with Crippen LogP contribution in [0.3, 0.4) is 0 Å². The van der Waals surface area contributed by atoms with E-state index in [4.69, 9.17) is 21.0 Å². The molecule has 12 heteroatoms. The zero-order chi connectivity index (χ0) is 29.0. The standard InChI is InChI=1S/C27H38N2O10/c1-3-5-6-7-12-38-27(26(36)37)14-19(31)23(29-22(34)16-30)25(39-27)24(35)20(32)15-28-21(33)13-18-10-8-17(4-2)9-11-18/h2,8-11,19-20,23-25,30-32,35H,3,5-7,12-16H2,1H3,(H,28,33)(H,29,34)(H,36,37)/t19?,20-,23?,24-,25?,27?/m1/s1. The molecule has 1 saturated heterocycles. The summed E-state index contributed by atoms with van der Waals surface area (Å²) in [5.41, 5.74) is 1.31. The van der Waals surface area contributed by atoms with Crippen LogP contribution >= 0.6 is 0 Å². The molecule has 1 aliphatic heterocycles. The van der Waals surface area contributed by atoms with Crippen LogP contribution in [0, 0.1) is 12.3 Å². The van der Waals surface area contributed by atoms with Crippen LogP contribution in [0.5, 0.6) is 0 Å². The first-order valence-electron chi connectivity index (χ1n) is 12.9. The summed E-state index contributed by atoms with van der Waals surface area (Å²) in [7, 11) is 0. The molecule has 12 nitrogen and oxygen atoms in total. The Hall–Kier alpha value is -3.05. The van der Waals surface area contributed by atoms with E-state index < -0.39 is 73.6 Å². The van der Waals surface area contributed by atoms with E-state index in [1.165, 1.54) is 0 Å². The highest BCUT2D eigenvalue weighted by Crippen LogP contribution is 2.33. The summed E-state index contributed by atoms with van der Waals surface area (Å²) in [6, 6.07) is 5.32. The monoisotopic (exact) mass is 550 g/mol. The number of carboxylic acid groups (broad SMARTS) is 1. The van der Waals surface area contributed by atoms with Crippen LogP contribution in [0.2, 0.25) is 0 Å². The Morgan fingerprint density at radius 3 is 2.46 bits per heavy atom. The molecule has 1 heterocycles. The molecule has 4 unspecified atom stereocenters. The van der Waals surface area contributed by atoms with Gasteiger partial charge in [0.15, 0.2) is 0 Å². The Morgan fingerprint density at radius 1 is 1.18 bits per heavy atom. The topological polar surface area (TPSA) is 195 Å². The molecular formula is C27H38N2O10. The predicted octanol–water partition coefficient (Wildman–Crippen LogP) is -0.947. The van der Waals surface area contributed by atoms with Gasteiger partial charge >= 0.3 is 5.97 Å². The molecule has 0 spiro atoms. The van der Waals surface area contributed by atoms with Crippen molar-refractivity contribution in [2.75, 3.05) is 19.8 Å². The van der Waals surface area contributed by atoms with Crippen LogP contribution in [0.25, 0.3) is 0 Å². The smallest absolute Gasteiger partial charge is 0.364 e. The Morgan fingerprint density at radius 2 is 1.87 bits per heavy atom. The van der Waals surface area contributed by atoms with E-state index in [2.05, 4.69) is 16.6 Å². The first kappa shape index (κ1) is 32.2. The molecule has 216 valence electrons. The van der Waals surface area contributed by atoms with Crippen molar-refractivity contribution in [1.82, 2.24) is 10.6 Å². The summed E-state index contributed by atoms with van der Waals surface area (Å²) < 4.78 is 11.2. The van der Waals surface area contributed by atoms with Gasteiger partial charge in [0.2, 0.25) is 11.8 Å². The number of hydrogen-bond acceptors (Lipinski definition) is 9. The fourth-order valence-electron chi connectivity index (χ4n) is 4.24. The zero-order valence-corrected chi connectivity index (χ0v) is 21.9. The lowest BCUT2D eigenvalue weighted by Crippen LogP contribution is -2.68. The average molecular weight is 551 g/mol. The molecule has 0 radical (unpaired) electrons. The van der Waals surface area contributed by atoms with Crippen molar-refractivity contribution in [3.05, 3.63) is 35.4 Å². The molecule has 0 aromatic heterocycles. The van der Waals surface area contributed by atoms with Gasteiger partial charge in [-0.05, 0) is 24.1 Å². The van der Waals surface area contributed by atoms with Crippen molar-refractivity contribution < 1.29 is 49.4 Å². The first-order valence-corrected chi connectivity index (χ1v) is 12.9. The van der Waals surface area contributed by atoms with E-state index in [-0.39, 0.29) is 13.0 Å². The minimum atomic E-state index is -2.36. The second-order valence-corrected chi connectivity index (χ2v) is 9.45. The molecule has 0 aliphatic carbocycles. The van der Waals surface area contributed by atoms with Crippen LogP contribution in [-0.2, 0) is 30.3 Å². The van der Waals surface area contributed by atoms with E-state index >= 15 is 0 Å². The molecule has 1 fully saturated rings. The molecule has 2 amide bonds. The molecule has 2 rings (SSSR count). The Kier molecular flexibility index (Phi) is 12.8. The highest BCUT2D eigenvalue weighted by atomic mass is 16.7. The van der Waals surface area contributed by atoms with Crippen molar-refractivity contribution in [2.45, 2.75) is 81.7 Å². The van der Waals surface area contributed by atoms with E-state index in [0.717, 1.165) is 19.3 Å². The van der Waals surface area contributed by atoms with Crippen LogP contribution in [0.4, 0.5) is 0 Å². The van der Waals surface area contributed by atoms with E-state index in [1.807, 2.05) is 6.92 Å². The number of amides is 2. The number of terminal acetylenes is 1. The van der Waals surface area contributed by atoms with Crippen LogP contribution in [0.1, 0.15) is 50.2 Å². The second-order valence-electron chi connectivity index (χ2n) is 9.45. The lowest BCUT2D eigenvalue weighted by atomic mass is 9.88. The Bertz CT molecular complexity index is 995. The molecule has 0 bridgehead atoms. The number of aliphatic hydroxyl groups is 4. The highest BCUT2D eigenvalue weighted by Gasteiger charge is 2.55. The normalized spacial score (nSPS) is 24.3. The third-order valence-electron chi connectivity index (χ3n) is 6.43. The third kappa shape index (κ3) is 9.28. The number of aliphatic carboxylic acids is 1. The number of hydrogen-bond donors (Lipinski definition) is 7. The maximum absolute atomic E-state index is 12.4. The van der Waals surface area contributed by atoms with E-state index in [0.29, 0.717) is 17.5 Å². The number of rotatable bonds is 15. The summed E-state index contributed by atoms with van der Waals surface area (Å²) in [5, 5.41) is 56.1. The van der Waals surface area contributed by atoms with Crippen molar-refractivity contribution in [3.63, 3.8) is 0 Å². The number of aliphatic hydroxyl groups excluding tert-OH is 4. The van der Waals surface area contributed by atoms with Crippen LogP contribution in [-0.4, -0.2) is 99.3 Å². The third-order valence-corrected chi connectivity index (χ3v) is 6.43. The predicted molar refractivity (Wildman–Crippen MR) is 138 cm³/mol. The number of carbonyl (C=O) groups excluding carboxylic acids is 2. The van der Waals surface area contributed by atoms with Gasteiger partial charge in [0.1, 0.15) is 18.8 Å². The van der Waals surface area contributed by atoms with Crippen molar-refractivity contribution >= 4 is 17.8 Å². The fraction of sp³-hybridized carbons (Fsp3) is 0.593. The Balaban J connectivity index is 2.13. The largest absolute Gasteiger partial charge is 0.477 e. The summed E-state index contributed by atoms with van der Waals surface area (Å²) in [4.78, 5) is 36.4. The molecular weight excluding hydrogens is 512 g/mol. The van der Waals surface area contributed by atoms with Gasteiger partial charge in [0, 0.05) is 18.5 Å². The summed E-state index contributed by atoms with van der Waals surface area (Å²) >= 11 is 0. The number of carbonyl (C=O) groups is 3. The zero-order valence-electron chi connectivity index (χ0n) is 21.9. The quantitative estimate of drug-likeness (QED) is 0.106. The number of ether oxygens (including phenoxy) is 2. The van der Waals surface area contributed by atoms with Gasteiger partial charge in [-0.2, -0.15) is 0 Å². The maximum atomic E-state index is 12.4. The maximum Gasteiger partial charge on any atom is 0.364 e. The van der Waals surface area contributed by atoms with Crippen molar-refractivity contribution in [2.24, 2.45) is 0 Å². The lowest BCUT2D eigenvalue weighted by Gasteiger charge is -2.46. The molecule has 0 saturated carbocycles.